The van der Waals surface area contributed by atoms with Gasteiger partial charge in [-0.15, -0.1) is 6.58 Å². The molecule has 0 saturated carbocycles. The summed E-state index contributed by atoms with van der Waals surface area (Å²) in [4.78, 5) is 2.27. The van der Waals surface area contributed by atoms with Gasteiger partial charge in [-0.1, -0.05) is 12.5 Å². The Balaban J connectivity index is 2.13. The zero-order valence-electron chi connectivity index (χ0n) is 12.5. The number of nitrogens with zero attached hydrogens (tertiary/aromatic N) is 1. The lowest BCUT2D eigenvalue weighted by molar-refractivity contribution is 0.159. The van der Waals surface area contributed by atoms with Crippen LogP contribution in [0.25, 0.3) is 0 Å². The fourth-order valence-electron chi connectivity index (χ4n) is 2.92. The Morgan fingerprint density at radius 2 is 2.00 bits per heavy atom. The molecule has 2 rings (SSSR count). The molecule has 2 nitrogen and oxygen atoms in total. The van der Waals surface area contributed by atoms with Crippen LogP contribution in [-0.4, -0.2) is 31.1 Å². The summed E-state index contributed by atoms with van der Waals surface area (Å²) < 4.78 is 27.6. The standard InChI is InChI=1S/C17H24F2N2/c1-2-3-4-5-6-17(21-11-9-20-10-12-21)15-13-14(18)7-8-16(15)19/h2,7-8,13,17,20H,1,3-6,9-12H2/t17-/m0/s1. The van der Waals surface area contributed by atoms with Crippen LogP contribution >= 0.6 is 0 Å². The van der Waals surface area contributed by atoms with Gasteiger partial charge in [0.15, 0.2) is 0 Å². The number of nitrogens with one attached hydrogen (secondary N) is 1. The van der Waals surface area contributed by atoms with Crippen molar-refractivity contribution in [3.8, 4) is 0 Å². The highest BCUT2D eigenvalue weighted by molar-refractivity contribution is 5.22. The van der Waals surface area contributed by atoms with Crippen molar-refractivity contribution in [1.82, 2.24) is 10.2 Å². The molecule has 4 heteroatoms. The fourth-order valence-corrected chi connectivity index (χ4v) is 2.92. The number of benzene rings is 1. The number of hydrogen-bond donors (Lipinski definition) is 1. The molecule has 0 amide bonds. The van der Waals surface area contributed by atoms with Crippen molar-refractivity contribution in [2.75, 3.05) is 26.2 Å². The average Bonchev–Trinajstić information content (AvgIpc) is 2.51. The molecule has 0 aliphatic carbocycles. The molecule has 0 aromatic heterocycles. The van der Waals surface area contributed by atoms with E-state index in [2.05, 4.69) is 16.8 Å². The minimum absolute atomic E-state index is 0.0346. The van der Waals surface area contributed by atoms with E-state index in [1.165, 1.54) is 18.2 Å². The molecule has 0 radical (unpaired) electrons. The topological polar surface area (TPSA) is 15.3 Å². The SMILES string of the molecule is C=CCCCC[C@@H](c1cc(F)ccc1F)N1CCNCC1. The average molecular weight is 294 g/mol. The maximum atomic E-state index is 14.1. The molecule has 0 unspecified atom stereocenters. The van der Waals surface area contributed by atoms with Crippen LogP contribution in [0.15, 0.2) is 30.9 Å². The minimum atomic E-state index is -0.363. The van der Waals surface area contributed by atoms with Gasteiger partial charge < -0.3 is 5.32 Å². The summed E-state index contributed by atoms with van der Waals surface area (Å²) in [6, 6.07) is 3.75. The molecular formula is C17H24F2N2. The summed E-state index contributed by atoms with van der Waals surface area (Å²) in [5, 5.41) is 3.30. The highest BCUT2D eigenvalue weighted by Gasteiger charge is 2.24. The molecule has 1 saturated heterocycles. The van der Waals surface area contributed by atoms with E-state index in [0.29, 0.717) is 5.56 Å². The van der Waals surface area contributed by atoms with Crippen LogP contribution in [0.2, 0.25) is 0 Å². The molecule has 1 aromatic carbocycles. The third-order valence-electron chi connectivity index (χ3n) is 4.05. The first kappa shape index (κ1) is 16.1. The summed E-state index contributed by atoms with van der Waals surface area (Å²) in [6.07, 6.45) is 5.77. The summed E-state index contributed by atoms with van der Waals surface area (Å²) in [5.41, 5.74) is 0.496. The van der Waals surface area contributed by atoms with Crippen LogP contribution < -0.4 is 5.32 Å². The number of allylic oxidation sites excluding steroid dienone is 1. The van der Waals surface area contributed by atoms with Crippen LogP contribution in [0.5, 0.6) is 0 Å². The van der Waals surface area contributed by atoms with E-state index < -0.39 is 0 Å². The molecule has 1 fully saturated rings. The van der Waals surface area contributed by atoms with Crippen molar-refractivity contribution < 1.29 is 8.78 Å². The Morgan fingerprint density at radius 3 is 2.71 bits per heavy atom. The molecule has 21 heavy (non-hydrogen) atoms. The molecule has 116 valence electrons. The van der Waals surface area contributed by atoms with Crippen molar-refractivity contribution in [1.29, 1.82) is 0 Å². The van der Waals surface area contributed by atoms with Crippen molar-refractivity contribution in [2.24, 2.45) is 0 Å². The van der Waals surface area contributed by atoms with E-state index >= 15 is 0 Å². The highest BCUT2D eigenvalue weighted by atomic mass is 19.1. The third kappa shape index (κ3) is 4.61. The van der Waals surface area contributed by atoms with E-state index in [-0.39, 0.29) is 17.7 Å². The summed E-state index contributed by atoms with van der Waals surface area (Å²) in [6.45, 7) is 7.28. The lowest BCUT2D eigenvalue weighted by Gasteiger charge is -2.35. The maximum Gasteiger partial charge on any atom is 0.128 e. The first-order valence-electron chi connectivity index (χ1n) is 7.73. The van der Waals surface area contributed by atoms with Gasteiger partial charge in [0, 0.05) is 37.8 Å². The Morgan fingerprint density at radius 1 is 1.24 bits per heavy atom. The molecule has 1 atom stereocenters. The van der Waals surface area contributed by atoms with Crippen LogP contribution in [0.1, 0.15) is 37.3 Å². The zero-order chi connectivity index (χ0) is 15.1. The molecule has 1 N–H and O–H groups in total. The maximum absolute atomic E-state index is 14.1. The number of piperazine rings is 1. The quantitative estimate of drug-likeness (QED) is 0.610. The van der Waals surface area contributed by atoms with Gasteiger partial charge in [-0.05, 0) is 37.5 Å². The van der Waals surface area contributed by atoms with Gasteiger partial charge >= 0.3 is 0 Å². The van der Waals surface area contributed by atoms with Gasteiger partial charge in [-0.25, -0.2) is 8.78 Å². The smallest absolute Gasteiger partial charge is 0.128 e. The molecule has 0 spiro atoms. The van der Waals surface area contributed by atoms with E-state index in [1.807, 2.05) is 6.08 Å². The molecule has 1 aliphatic rings. The number of unbranched alkanes of at least 4 members (excludes halogenated alkanes) is 2. The summed E-state index contributed by atoms with van der Waals surface area (Å²) in [7, 11) is 0. The van der Waals surface area contributed by atoms with Gasteiger partial charge in [0.05, 0.1) is 0 Å². The third-order valence-corrected chi connectivity index (χ3v) is 4.05. The predicted molar refractivity (Wildman–Crippen MR) is 82.2 cm³/mol. The molecule has 1 heterocycles. The second-order valence-electron chi connectivity index (χ2n) is 5.54. The Bertz CT molecular complexity index is 456. The minimum Gasteiger partial charge on any atom is -0.314 e. The van der Waals surface area contributed by atoms with Gasteiger partial charge in [0.1, 0.15) is 11.6 Å². The lowest BCUT2D eigenvalue weighted by Crippen LogP contribution is -2.45. The largest absolute Gasteiger partial charge is 0.314 e. The number of halogens is 2. The Labute approximate surface area is 125 Å². The predicted octanol–water partition coefficient (Wildman–Crippen LogP) is 3.66. The molecular weight excluding hydrogens is 270 g/mol. The van der Waals surface area contributed by atoms with E-state index in [1.54, 1.807) is 0 Å². The van der Waals surface area contributed by atoms with Crippen molar-refractivity contribution in [3.05, 3.63) is 48.1 Å². The van der Waals surface area contributed by atoms with Gasteiger partial charge in [0.2, 0.25) is 0 Å². The van der Waals surface area contributed by atoms with Crippen LogP contribution in [0, 0.1) is 11.6 Å². The van der Waals surface area contributed by atoms with Crippen LogP contribution in [0.4, 0.5) is 8.78 Å². The molecule has 1 aromatic rings. The van der Waals surface area contributed by atoms with E-state index in [4.69, 9.17) is 0 Å². The fraction of sp³-hybridized carbons (Fsp3) is 0.529. The van der Waals surface area contributed by atoms with Crippen LogP contribution in [0.3, 0.4) is 0 Å². The number of hydrogen-bond acceptors (Lipinski definition) is 2. The lowest BCUT2D eigenvalue weighted by atomic mass is 9.97. The van der Waals surface area contributed by atoms with Gasteiger partial charge in [0.25, 0.3) is 0 Å². The monoisotopic (exact) mass is 294 g/mol. The van der Waals surface area contributed by atoms with Crippen molar-refractivity contribution >= 4 is 0 Å². The zero-order valence-corrected chi connectivity index (χ0v) is 12.5. The molecule has 0 bridgehead atoms. The Hall–Kier alpha value is -1.26. The second-order valence-corrected chi connectivity index (χ2v) is 5.54. The van der Waals surface area contributed by atoms with Gasteiger partial charge in [-0.2, -0.15) is 0 Å². The molecule has 1 aliphatic heterocycles. The summed E-state index contributed by atoms with van der Waals surface area (Å²) >= 11 is 0. The summed E-state index contributed by atoms with van der Waals surface area (Å²) in [5.74, 6) is -0.665. The second kappa shape index (κ2) is 8.25. The first-order chi connectivity index (χ1) is 10.2. The van der Waals surface area contributed by atoms with Crippen molar-refractivity contribution in [2.45, 2.75) is 31.7 Å². The normalized spacial score (nSPS) is 17.6. The number of rotatable bonds is 7. The first-order valence-corrected chi connectivity index (χ1v) is 7.73. The highest BCUT2D eigenvalue weighted by Crippen LogP contribution is 2.29. The van der Waals surface area contributed by atoms with Crippen molar-refractivity contribution in [3.63, 3.8) is 0 Å². The van der Waals surface area contributed by atoms with E-state index in [9.17, 15) is 8.78 Å². The van der Waals surface area contributed by atoms with Gasteiger partial charge in [-0.3, -0.25) is 4.90 Å². The van der Waals surface area contributed by atoms with E-state index in [0.717, 1.165) is 51.9 Å². The van der Waals surface area contributed by atoms with Crippen LogP contribution in [-0.2, 0) is 0 Å². The Kier molecular flexibility index (Phi) is 6.33.